The SMILES string of the molecule is Cc1cnc(NCc2ccncn2)c(Br)c1. The molecule has 0 radical (unpaired) electrons. The van der Waals surface area contributed by atoms with Gasteiger partial charge in [-0.2, -0.15) is 0 Å². The van der Waals surface area contributed by atoms with Crippen LogP contribution in [0, 0.1) is 6.92 Å². The molecule has 0 fully saturated rings. The number of aryl methyl sites for hydroxylation is 1. The Hall–Kier alpha value is -1.49. The minimum atomic E-state index is 0.636. The average Bonchev–Trinajstić information content (AvgIpc) is 2.29. The maximum atomic E-state index is 4.29. The van der Waals surface area contributed by atoms with Crippen LogP contribution in [0.15, 0.2) is 35.3 Å². The number of hydrogen-bond acceptors (Lipinski definition) is 4. The van der Waals surface area contributed by atoms with Crippen molar-refractivity contribution in [3.8, 4) is 0 Å². The standard InChI is InChI=1S/C11H11BrN4/c1-8-4-10(12)11(14-5-8)15-6-9-2-3-13-7-16-9/h2-5,7H,6H2,1H3,(H,14,15). The van der Waals surface area contributed by atoms with Gasteiger partial charge in [0.1, 0.15) is 12.1 Å². The quantitative estimate of drug-likeness (QED) is 0.938. The topological polar surface area (TPSA) is 50.7 Å². The minimum absolute atomic E-state index is 0.636. The van der Waals surface area contributed by atoms with Gasteiger partial charge in [0.2, 0.25) is 0 Å². The van der Waals surface area contributed by atoms with Crippen LogP contribution in [-0.4, -0.2) is 15.0 Å². The van der Waals surface area contributed by atoms with Crippen molar-refractivity contribution >= 4 is 21.7 Å². The highest BCUT2D eigenvalue weighted by atomic mass is 79.9. The van der Waals surface area contributed by atoms with Crippen molar-refractivity contribution in [1.82, 2.24) is 15.0 Å². The van der Waals surface area contributed by atoms with E-state index in [4.69, 9.17) is 0 Å². The molecule has 0 spiro atoms. The van der Waals surface area contributed by atoms with Gasteiger partial charge in [0, 0.05) is 12.4 Å². The van der Waals surface area contributed by atoms with Gasteiger partial charge in [0.15, 0.2) is 0 Å². The van der Waals surface area contributed by atoms with Gasteiger partial charge in [-0.15, -0.1) is 0 Å². The summed E-state index contributed by atoms with van der Waals surface area (Å²) in [6.07, 6.45) is 5.09. The first-order valence-corrected chi connectivity index (χ1v) is 5.66. The summed E-state index contributed by atoms with van der Waals surface area (Å²) in [5.41, 5.74) is 2.06. The Bertz CT molecular complexity index is 473. The molecule has 4 nitrogen and oxygen atoms in total. The largest absolute Gasteiger partial charge is 0.363 e. The number of hydrogen-bond donors (Lipinski definition) is 1. The molecule has 0 bridgehead atoms. The van der Waals surface area contributed by atoms with Gasteiger partial charge in [-0.1, -0.05) is 0 Å². The third-order valence-electron chi connectivity index (χ3n) is 2.06. The summed E-state index contributed by atoms with van der Waals surface area (Å²) in [7, 11) is 0. The van der Waals surface area contributed by atoms with Crippen LogP contribution in [0.4, 0.5) is 5.82 Å². The Balaban J connectivity index is 2.05. The first kappa shape index (κ1) is 11.0. The fraction of sp³-hybridized carbons (Fsp3) is 0.182. The third-order valence-corrected chi connectivity index (χ3v) is 2.66. The molecule has 0 saturated heterocycles. The maximum absolute atomic E-state index is 4.29. The highest BCUT2D eigenvalue weighted by Crippen LogP contribution is 2.20. The van der Waals surface area contributed by atoms with Crippen molar-refractivity contribution in [3.63, 3.8) is 0 Å². The molecule has 0 aliphatic rings. The lowest BCUT2D eigenvalue weighted by atomic mass is 10.3. The molecule has 82 valence electrons. The Labute approximate surface area is 102 Å². The number of pyridine rings is 1. The lowest BCUT2D eigenvalue weighted by Crippen LogP contribution is -2.03. The Morgan fingerprint density at radius 3 is 2.94 bits per heavy atom. The molecule has 0 amide bonds. The molecule has 2 rings (SSSR count). The molecule has 2 heterocycles. The van der Waals surface area contributed by atoms with E-state index in [-0.39, 0.29) is 0 Å². The molecule has 16 heavy (non-hydrogen) atoms. The van der Waals surface area contributed by atoms with E-state index in [2.05, 4.69) is 36.2 Å². The number of nitrogens with one attached hydrogen (secondary N) is 1. The van der Waals surface area contributed by atoms with Gasteiger partial charge in [-0.05, 0) is 40.5 Å². The summed E-state index contributed by atoms with van der Waals surface area (Å²) in [4.78, 5) is 12.3. The Morgan fingerprint density at radius 1 is 1.38 bits per heavy atom. The molecule has 0 unspecified atom stereocenters. The van der Waals surface area contributed by atoms with E-state index in [0.29, 0.717) is 6.54 Å². The number of anilines is 1. The second-order valence-electron chi connectivity index (χ2n) is 3.40. The van der Waals surface area contributed by atoms with E-state index >= 15 is 0 Å². The first-order chi connectivity index (χ1) is 7.75. The predicted octanol–water partition coefficient (Wildman–Crippen LogP) is 2.55. The molecule has 1 N–H and O–H groups in total. The second kappa shape index (κ2) is 5.03. The lowest BCUT2D eigenvalue weighted by molar-refractivity contribution is 0.993. The number of aromatic nitrogens is 3. The van der Waals surface area contributed by atoms with E-state index in [9.17, 15) is 0 Å². The highest BCUT2D eigenvalue weighted by Gasteiger charge is 2.01. The van der Waals surface area contributed by atoms with Crippen molar-refractivity contribution in [2.75, 3.05) is 5.32 Å². The van der Waals surface area contributed by atoms with E-state index in [0.717, 1.165) is 21.5 Å². The zero-order chi connectivity index (χ0) is 11.4. The zero-order valence-electron chi connectivity index (χ0n) is 8.81. The summed E-state index contributed by atoms with van der Waals surface area (Å²) in [6.45, 7) is 2.64. The minimum Gasteiger partial charge on any atom is -0.363 e. The van der Waals surface area contributed by atoms with Gasteiger partial charge in [0.05, 0.1) is 16.7 Å². The zero-order valence-corrected chi connectivity index (χ0v) is 10.4. The van der Waals surface area contributed by atoms with Crippen molar-refractivity contribution < 1.29 is 0 Å². The number of nitrogens with zero attached hydrogens (tertiary/aromatic N) is 3. The van der Waals surface area contributed by atoms with E-state index in [1.807, 2.05) is 25.3 Å². The Kier molecular flexibility index (Phi) is 3.46. The fourth-order valence-electron chi connectivity index (χ4n) is 1.26. The second-order valence-corrected chi connectivity index (χ2v) is 4.25. The van der Waals surface area contributed by atoms with Crippen molar-refractivity contribution in [2.45, 2.75) is 13.5 Å². The van der Waals surface area contributed by atoms with Crippen LogP contribution in [0.2, 0.25) is 0 Å². The van der Waals surface area contributed by atoms with E-state index < -0.39 is 0 Å². The van der Waals surface area contributed by atoms with Gasteiger partial charge >= 0.3 is 0 Å². The third kappa shape index (κ3) is 2.76. The summed E-state index contributed by atoms with van der Waals surface area (Å²) in [5, 5.41) is 3.21. The van der Waals surface area contributed by atoms with Crippen molar-refractivity contribution in [3.05, 3.63) is 46.6 Å². The van der Waals surface area contributed by atoms with Crippen LogP contribution >= 0.6 is 15.9 Å². The summed E-state index contributed by atoms with van der Waals surface area (Å²) in [6, 6.07) is 3.89. The predicted molar refractivity (Wildman–Crippen MR) is 66.0 cm³/mol. The van der Waals surface area contributed by atoms with Crippen molar-refractivity contribution in [1.29, 1.82) is 0 Å². The normalized spacial score (nSPS) is 10.1. The molecule has 0 aromatic carbocycles. The first-order valence-electron chi connectivity index (χ1n) is 4.86. The molecule has 0 atom stereocenters. The monoisotopic (exact) mass is 278 g/mol. The van der Waals surface area contributed by atoms with E-state index in [1.165, 1.54) is 6.33 Å². The van der Waals surface area contributed by atoms with Gasteiger partial charge < -0.3 is 5.32 Å². The summed E-state index contributed by atoms with van der Waals surface area (Å²) >= 11 is 3.46. The molecular weight excluding hydrogens is 268 g/mol. The van der Waals surface area contributed by atoms with Crippen LogP contribution in [0.25, 0.3) is 0 Å². The highest BCUT2D eigenvalue weighted by molar-refractivity contribution is 9.10. The molecular formula is C11H11BrN4. The molecule has 0 aliphatic carbocycles. The van der Waals surface area contributed by atoms with Crippen LogP contribution in [0.5, 0.6) is 0 Å². The molecule has 2 aromatic rings. The lowest BCUT2D eigenvalue weighted by Gasteiger charge is -2.07. The van der Waals surface area contributed by atoms with Crippen molar-refractivity contribution in [2.24, 2.45) is 0 Å². The fourth-order valence-corrected chi connectivity index (χ4v) is 1.86. The molecule has 2 aromatic heterocycles. The van der Waals surface area contributed by atoms with Crippen LogP contribution < -0.4 is 5.32 Å². The summed E-state index contributed by atoms with van der Waals surface area (Å²) < 4.78 is 0.960. The maximum Gasteiger partial charge on any atom is 0.140 e. The Morgan fingerprint density at radius 2 is 2.25 bits per heavy atom. The smallest absolute Gasteiger partial charge is 0.140 e. The van der Waals surface area contributed by atoms with Gasteiger partial charge in [-0.25, -0.2) is 15.0 Å². The average molecular weight is 279 g/mol. The van der Waals surface area contributed by atoms with Gasteiger partial charge in [0.25, 0.3) is 0 Å². The number of halogens is 1. The number of rotatable bonds is 3. The summed E-state index contributed by atoms with van der Waals surface area (Å²) in [5.74, 6) is 0.823. The van der Waals surface area contributed by atoms with Crippen LogP contribution in [0.3, 0.4) is 0 Å². The van der Waals surface area contributed by atoms with Gasteiger partial charge in [-0.3, -0.25) is 0 Å². The molecule has 0 saturated carbocycles. The van der Waals surface area contributed by atoms with Crippen LogP contribution in [-0.2, 0) is 6.54 Å². The van der Waals surface area contributed by atoms with E-state index in [1.54, 1.807) is 6.20 Å². The molecule has 0 aliphatic heterocycles. The molecule has 5 heteroatoms. The van der Waals surface area contributed by atoms with Crippen LogP contribution in [0.1, 0.15) is 11.3 Å².